The van der Waals surface area contributed by atoms with Crippen LogP contribution in [0.3, 0.4) is 0 Å². The van der Waals surface area contributed by atoms with Crippen molar-refractivity contribution in [3.63, 3.8) is 0 Å². The summed E-state index contributed by atoms with van der Waals surface area (Å²) in [5, 5.41) is 0.884. The molecular weight excluding hydrogens is 320 g/mol. The Morgan fingerprint density at radius 3 is 1.55 bits per heavy atom. The van der Waals surface area contributed by atoms with Gasteiger partial charge in [-0.2, -0.15) is 0 Å². The van der Waals surface area contributed by atoms with Crippen molar-refractivity contribution in [2.45, 2.75) is 58.3 Å². The molecule has 0 aromatic heterocycles. The molecule has 0 fully saturated rings. The highest BCUT2D eigenvalue weighted by atomic mass is 79.9. The normalized spacial score (nSPS) is 11.1. The van der Waals surface area contributed by atoms with Gasteiger partial charge in [-0.25, -0.2) is 0 Å². The van der Waals surface area contributed by atoms with Crippen LogP contribution in [0.4, 0.5) is 0 Å². The summed E-state index contributed by atoms with van der Waals surface area (Å²) in [7, 11) is 0. The summed E-state index contributed by atoms with van der Waals surface area (Å²) in [6.45, 7) is 6.59. The lowest BCUT2D eigenvalue weighted by atomic mass is 10.1. The summed E-state index contributed by atoms with van der Waals surface area (Å²) in [4.78, 5) is 0. The van der Waals surface area contributed by atoms with Gasteiger partial charge in [-0.15, -0.1) is 0 Å². The zero-order valence-electron chi connectivity index (χ0n) is 13.2. The highest BCUT2D eigenvalue weighted by Crippen LogP contribution is 2.08. The smallest absolute Gasteiger partial charge is 0.0701 e. The third-order valence-electron chi connectivity index (χ3n) is 3.11. The first-order chi connectivity index (χ1) is 9.91. The predicted molar refractivity (Wildman–Crippen MR) is 88.9 cm³/mol. The third-order valence-corrected chi connectivity index (χ3v) is 3.43. The Labute approximate surface area is 133 Å². The molecule has 122 valence electrons. The van der Waals surface area contributed by atoms with Gasteiger partial charge in [-0.3, -0.25) is 0 Å². The van der Waals surface area contributed by atoms with Crippen LogP contribution >= 0.6 is 15.9 Å². The quantitative estimate of drug-likeness (QED) is 0.283. The number of ether oxygens (including phenoxy) is 3. The molecule has 0 aliphatic rings. The van der Waals surface area contributed by atoms with Crippen LogP contribution in [0, 0.1) is 0 Å². The van der Waals surface area contributed by atoms with Crippen molar-refractivity contribution in [1.82, 2.24) is 0 Å². The number of unbranched alkanes of at least 4 members (excludes halogenated alkanes) is 7. The summed E-state index contributed by atoms with van der Waals surface area (Å²) in [5.74, 6) is 0. The Morgan fingerprint density at radius 1 is 0.550 bits per heavy atom. The van der Waals surface area contributed by atoms with E-state index in [1.807, 2.05) is 0 Å². The molecule has 3 nitrogen and oxygen atoms in total. The molecule has 0 unspecified atom stereocenters. The van der Waals surface area contributed by atoms with Gasteiger partial charge in [0.05, 0.1) is 33.0 Å². The molecule has 0 aromatic rings. The molecule has 0 heterocycles. The first-order valence-corrected chi connectivity index (χ1v) is 9.33. The number of alkyl halides is 1. The molecule has 4 heteroatoms. The van der Waals surface area contributed by atoms with Crippen LogP contribution in [0.15, 0.2) is 0 Å². The van der Waals surface area contributed by atoms with Crippen molar-refractivity contribution >= 4 is 15.9 Å². The zero-order chi connectivity index (χ0) is 14.7. The molecule has 0 saturated carbocycles. The van der Waals surface area contributed by atoms with Crippen molar-refractivity contribution in [2.24, 2.45) is 0 Å². The van der Waals surface area contributed by atoms with E-state index < -0.39 is 0 Å². The molecule has 0 atom stereocenters. The minimum Gasteiger partial charge on any atom is -0.379 e. The van der Waals surface area contributed by atoms with Crippen LogP contribution < -0.4 is 0 Å². The minimum absolute atomic E-state index is 0.661. The summed E-state index contributed by atoms with van der Waals surface area (Å²) < 4.78 is 16.2. The molecule has 20 heavy (non-hydrogen) atoms. The molecule has 0 aliphatic carbocycles. The van der Waals surface area contributed by atoms with Gasteiger partial charge in [-0.05, 0) is 6.42 Å². The fraction of sp³-hybridized carbons (Fsp3) is 1.00. The highest BCUT2D eigenvalue weighted by molar-refractivity contribution is 9.09. The average molecular weight is 353 g/mol. The van der Waals surface area contributed by atoms with Crippen molar-refractivity contribution in [3.8, 4) is 0 Å². The first-order valence-electron chi connectivity index (χ1n) is 8.21. The van der Waals surface area contributed by atoms with Crippen LogP contribution in [0.25, 0.3) is 0 Å². The second-order valence-corrected chi connectivity index (χ2v) is 5.79. The van der Waals surface area contributed by atoms with Gasteiger partial charge in [0.15, 0.2) is 0 Å². The molecule has 0 N–H and O–H groups in total. The van der Waals surface area contributed by atoms with E-state index in [1.165, 1.54) is 51.4 Å². The van der Waals surface area contributed by atoms with Crippen LogP contribution in [-0.2, 0) is 14.2 Å². The number of hydrogen-bond donors (Lipinski definition) is 0. The van der Waals surface area contributed by atoms with Crippen molar-refractivity contribution < 1.29 is 14.2 Å². The Balaban J connectivity index is 2.89. The van der Waals surface area contributed by atoms with Crippen LogP contribution in [-0.4, -0.2) is 45.0 Å². The standard InChI is InChI=1S/C16H33BrO3/c1-2-3-4-5-6-7-8-9-11-18-13-15-20-16-14-19-12-10-17/h2-16H2,1H3. The van der Waals surface area contributed by atoms with E-state index in [9.17, 15) is 0 Å². The van der Waals surface area contributed by atoms with Gasteiger partial charge in [0, 0.05) is 11.9 Å². The van der Waals surface area contributed by atoms with Crippen molar-refractivity contribution in [3.05, 3.63) is 0 Å². The van der Waals surface area contributed by atoms with Gasteiger partial charge >= 0.3 is 0 Å². The molecule has 0 amide bonds. The Morgan fingerprint density at radius 2 is 1.00 bits per heavy atom. The SMILES string of the molecule is CCCCCCCCCCOCCOCCOCCBr. The molecule has 0 saturated heterocycles. The molecule has 0 spiro atoms. The maximum Gasteiger partial charge on any atom is 0.0701 e. The minimum atomic E-state index is 0.661. The lowest BCUT2D eigenvalue weighted by molar-refractivity contribution is 0.0168. The molecule has 0 aliphatic heterocycles. The second-order valence-electron chi connectivity index (χ2n) is 5.00. The van der Waals surface area contributed by atoms with Crippen molar-refractivity contribution in [2.75, 3.05) is 45.0 Å². The monoisotopic (exact) mass is 352 g/mol. The highest BCUT2D eigenvalue weighted by Gasteiger charge is 1.93. The second kappa shape index (κ2) is 19.4. The van der Waals surface area contributed by atoms with E-state index in [0.717, 1.165) is 18.5 Å². The van der Waals surface area contributed by atoms with Crippen LogP contribution in [0.5, 0.6) is 0 Å². The maximum atomic E-state index is 5.53. The van der Waals surface area contributed by atoms with Crippen LogP contribution in [0.2, 0.25) is 0 Å². The fourth-order valence-electron chi connectivity index (χ4n) is 1.93. The summed E-state index contributed by atoms with van der Waals surface area (Å²) in [6.07, 6.45) is 10.8. The maximum absolute atomic E-state index is 5.53. The largest absolute Gasteiger partial charge is 0.379 e. The summed E-state index contributed by atoms with van der Waals surface area (Å²) in [6, 6.07) is 0. The van der Waals surface area contributed by atoms with E-state index in [0.29, 0.717) is 26.4 Å². The first kappa shape index (κ1) is 20.4. The lowest BCUT2D eigenvalue weighted by Gasteiger charge is -2.06. The summed E-state index contributed by atoms with van der Waals surface area (Å²) in [5.41, 5.74) is 0. The lowest BCUT2D eigenvalue weighted by Crippen LogP contribution is -2.10. The van der Waals surface area contributed by atoms with E-state index in [2.05, 4.69) is 22.9 Å². The average Bonchev–Trinajstić information content (AvgIpc) is 2.47. The van der Waals surface area contributed by atoms with Gasteiger partial charge in [0.1, 0.15) is 0 Å². The number of halogens is 1. The van der Waals surface area contributed by atoms with E-state index in [-0.39, 0.29) is 0 Å². The Bertz CT molecular complexity index is 150. The van der Waals surface area contributed by atoms with Gasteiger partial charge in [0.25, 0.3) is 0 Å². The zero-order valence-corrected chi connectivity index (χ0v) is 14.8. The Hall–Kier alpha value is 0.360. The molecule has 0 bridgehead atoms. The molecule has 0 radical (unpaired) electrons. The number of hydrogen-bond acceptors (Lipinski definition) is 3. The van der Waals surface area contributed by atoms with Crippen LogP contribution in [0.1, 0.15) is 58.3 Å². The van der Waals surface area contributed by atoms with E-state index in [4.69, 9.17) is 14.2 Å². The molecule has 0 rings (SSSR count). The van der Waals surface area contributed by atoms with E-state index in [1.54, 1.807) is 0 Å². The van der Waals surface area contributed by atoms with E-state index >= 15 is 0 Å². The molecule has 0 aromatic carbocycles. The number of rotatable bonds is 17. The van der Waals surface area contributed by atoms with Gasteiger partial charge in [-0.1, -0.05) is 67.8 Å². The molecular formula is C16H33BrO3. The predicted octanol–water partition coefficient (Wildman–Crippen LogP) is 4.57. The summed E-state index contributed by atoms with van der Waals surface area (Å²) >= 11 is 3.31. The van der Waals surface area contributed by atoms with Gasteiger partial charge < -0.3 is 14.2 Å². The third kappa shape index (κ3) is 18.4. The van der Waals surface area contributed by atoms with Gasteiger partial charge in [0.2, 0.25) is 0 Å². The fourth-order valence-corrected chi connectivity index (χ4v) is 2.16. The van der Waals surface area contributed by atoms with Crippen molar-refractivity contribution in [1.29, 1.82) is 0 Å². The topological polar surface area (TPSA) is 27.7 Å². The Kier molecular flexibility index (Phi) is 19.7.